The third-order valence-corrected chi connectivity index (χ3v) is 7.36. The highest BCUT2D eigenvalue weighted by Gasteiger charge is 2.26. The Hall–Kier alpha value is -5.08. The summed E-state index contributed by atoms with van der Waals surface area (Å²) < 4.78 is 28.2. The minimum absolute atomic E-state index is 0.0650. The number of benzene rings is 2. The molecule has 1 aliphatic rings. The van der Waals surface area contributed by atoms with Crippen molar-refractivity contribution >= 4 is 24.5 Å². The molecular formula is C30H29BFN7O5. The van der Waals surface area contributed by atoms with Crippen molar-refractivity contribution in [1.82, 2.24) is 29.8 Å². The minimum Gasteiger partial charge on any atom is -0.482 e. The van der Waals surface area contributed by atoms with Crippen LogP contribution in [0.15, 0.2) is 60.9 Å². The number of hydrogen-bond donors (Lipinski definition) is 3. The van der Waals surface area contributed by atoms with E-state index in [1.807, 2.05) is 11.6 Å². The molecule has 0 saturated carbocycles. The summed E-state index contributed by atoms with van der Waals surface area (Å²) in [5.74, 6) is -0.0690. The fourth-order valence-electron chi connectivity index (χ4n) is 5.25. The summed E-state index contributed by atoms with van der Waals surface area (Å²) in [6, 6.07) is 12.5. The van der Waals surface area contributed by atoms with Gasteiger partial charge >= 0.3 is 13.2 Å². The first-order chi connectivity index (χ1) is 21.2. The highest BCUT2D eigenvalue weighted by atomic mass is 19.1. The van der Waals surface area contributed by atoms with Crippen molar-refractivity contribution in [2.24, 2.45) is 7.05 Å². The van der Waals surface area contributed by atoms with E-state index in [-0.39, 0.29) is 18.2 Å². The molecule has 5 aromatic rings. The lowest BCUT2D eigenvalue weighted by molar-refractivity contribution is 0.154. The van der Waals surface area contributed by atoms with Gasteiger partial charge in [-0.05, 0) is 49.1 Å². The second-order valence-corrected chi connectivity index (χ2v) is 10.4. The molecule has 14 heteroatoms. The molecule has 12 nitrogen and oxygen atoms in total. The standard InChI is InChI=1S/C30H29BFN7O5/c1-4-39-28-19(15-34-39)11-25-27(37-38(3)36-25)23-10-9-22(32)13-24(23)17(2)44-26-12-20(28)14-33-29(26)35-30(40)43-16-18-5-7-21(8-6-18)31(41)42/h5-10,12-15,17,41-42H,4,11,16H2,1-3H3,(H,33,35,40)/t17-/m1/s1. The highest BCUT2D eigenvalue weighted by Crippen LogP contribution is 2.38. The molecule has 6 rings (SSSR count). The van der Waals surface area contributed by atoms with Crippen LogP contribution in [0.4, 0.5) is 15.0 Å². The van der Waals surface area contributed by atoms with Gasteiger partial charge in [0.05, 0.1) is 17.6 Å². The third kappa shape index (κ3) is 5.76. The summed E-state index contributed by atoms with van der Waals surface area (Å²) in [7, 11) is 0.152. The molecule has 1 atom stereocenters. The Morgan fingerprint density at radius 1 is 1.16 bits per heavy atom. The van der Waals surface area contributed by atoms with Crippen LogP contribution in [-0.2, 0) is 31.4 Å². The summed E-state index contributed by atoms with van der Waals surface area (Å²) >= 11 is 0. The van der Waals surface area contributed by atoms with E-state index in [1.165, 1.54) is 29.1 Å². The zero-order valence-corrected chi connectivity index (χ0v) is 24.2. The van der Waals surface area contributed by atoms with Crippen molar-refractivity contribution < 1.29 is 28.7 Å². The van der Waals surface area contributed by atoms with E-state index < -0.39 is 25.1 Å². The van der Waals surface area contributed by atoms with E-state index in [0.717, 1.165) is 11.3 Å². The van der Waals surface area contributed by atoms with Crippen molar-refractivity contribution in [1.29, 1.82) is 0 Å². The van der Waals surface area contributed by atoms with Gasteiger partial charge in [0, 0.05) is 48.5 Å². The molecule has 2 aromatic carbocycles. The molecule has 4 heterocycles. The summed E-state index contributed by atoms with van der Waals surface area (Å²) in [5, 5.41) is 35.0. The molecule has 0 aliphatic carbocycles. The lowest BCUT2D eigenvalue weighted by Gasteiger charge is -2.21. The molecule has 0 spiro atoms. The van der Waals surface area contributed by atoms with Gasteiger partial charge in [-0.2, -0.15) is 20.1 Å². The number of rotatable bonds is 5. The van der Waals surface area contributed by atoms with Gasteiger partial charge in [0.15, 0.2) is 11.6 Å². The van der Waals surface area contributed by atoms with Crippen molar-refractivity contribution in [2.45, 2.75) is 39.5 Å². The van der Waals surface area contributed by atoms with Gasteiger partial charge in [0.2, 0.25) is 0 Å². The normalized spacial score (nSPS) is 13.8. The van der Waals surface area contributed by atoms with Gasteiger partial charge < -0.3 is 19.5 Å². The van der Waals surface area contributed by atoms with Gasteiger partial charge in [0.1, 0.15) is 24.2 Å². The van der Waals surface area contributed by atoms with Gasteiger partial charge in [-0.3, -0.25) is 10.00 Å². The van der Waals surface area contributed by atoms with Crippen molar-refractivity contribution in [3.8, 4) is 28.3 Å². The number of fused-ring (bicyclic) bond motifs is 7. The van der Waals surface area contributed by atoms with Crippen LogP contribution in [0, 0.1) is 5.82 Å². The smallest absolute Gasteiger partial charge is 0.482 e. The summed E-state index contributed by atoms with van der Waals surface area (Å²) in [6.45, 7) is 4.30. The predicted octanol–water partition coefficient (Wildman–Crippen LogP) is 3.37. The molecular weight excluding hydrogens is 568 g/mol. The van der Waals surface area contributed by atoms with Crippen LogP contribution in [0.5, 0.6) is 5.75 Å². The first kappa shape index (κ1) is 29.0. The minimum atomic E-state index is -1.59. The van der Waals surface area contributed by atoms with Crippen LogP contribution in [-0.4, -0.2) is 53.0 Å². The molecule has 3 N–H and O–H groups in total. The molecule has 224 valence electrons. The molecule has 0 fully saturated rings. The van der Waals surface area contributed by atoms with Crippen LogP contribution in [0.2, 0.25) is 0 Å². The van der Waals surface area contributed by atoms with Gasteiger partial charge in [-0.15, -0.1) is 0 Å². The number of anilines is 1. The number of amides is 1. The van der Waals surface area contributed by atoms with E-state index in [9.17, 15) is 19.2 Å². The Balaban J connectivity index is 1.37. The van der Waals surface area contributed by atoms with E-state index in [0.29, 0.717) is 52.1 Å². The van der Waals surface area contributed by atoms with E-state index in [4.69, 9.17) is 9.47 Å². The Morgan fingerprint density at radius 2 is 1.95 bits per heavy atom. The maximum Gasteiger partial charge on any atom is 0.488 e. The van der Waals surface area contributed by atoms with Crippen molar-refractivity contribution in [3.63, 3.8) is 0 Å². The summed E-state index contributed by atoms with van der Waals surface area (Å²) in [5.41, 5.74) is 5.92. The fraction of sp³-hybridized carbons (Fsp3) is 0.233. The predicted molar refractivity (Wildman–Crippen MR) is 159 cm³/mol. The van der Waals surface area contributed by atoms with Gasteiger partial charge in [0.25, 0.3) is 0 Å². The van der Waals surface area contributed by atoms with E-state index in [1.54, 1.807) is 50.6 Å². The second kappa shape index (κ2) is 11.9. The second-order valence-electron chi connectivity index (χ2n) is 10.4. The first-order valence-corrected chi connectivity index (χ1v) is 14.0. The van der Waals surface area contributed by atoms with Crippen molar-refractivity contribution in [2.75, 3.05) is 5.32 Å². The zero-order valence-electron chi connectivity index (χ0n) is 24.2. The molecule has 0 radical (unpaired) electrons. The number of ether oxygens (including phenoxy) is 2. The third-order valence-electron chi connectivity index (χ3n) is 7.36. The Bertz CT molecular complexity index is 1840. The molecule has 1 aliphatic heterocycles. The number of carbonyl (C=O) groups excluding carboxylic acids is 1. The first-order valence-electron chi connectivity index (χ1n) is 14.0. The number of aromatic nitrogens is 6. The Kier molecular flexibility index (Phi) is 7.85. The maximum absolute atomic E-state index is 14.6. The van der Waals surface area contributed by atoms with Crippen LogP contribution >= 0.6 is 0 Å². The molecule has 3 aromatic heterocycles. The average Bonchev–Trinajstić information content (AvgIpc) is 3.59. The topological polar surface area (TPSA) is 149 Å². The number of halogens is 1. The van der Waals surface area contributed by atoms with E-state index in [2.05, 4.69) is 25.6 Å². The highest BCUT2D eigenvalue weighted by molar-refractivity contribution is 6.58. The molecule has 0 unspecified atom stereocenters. The van der Waals surface area contributed by atoms with Crippen LogP contribution < -0.4 is 15.5 Å². The van der Waals surface area contributed by atoms with Crippen molar-refractivity contribution in [3.05, 3.63) is 89.1 Å². The van der Waals surface area contributed by atoms with E-state index >= 15 is 0 Å². The van der Waals surface area contributed by atoms with Gasteiger partial charge in [-0.25, -0.2) is 14.2 Å². The lowest BCUT2D eigenvalue weighted by atomic mass is 9.80. The van der Waals surface area contributed by atoms with Crippen LogP contribution in [0.1, 0.15) is 42.3 Å². The maximum atomic E-state index is 14.6. The number of nitrogens with one attached hydrogen (secondary N) is 1. The monoisotopic (exact) mass is 597 g/mol. The molecule has 44 heavy (non-hydrogen) atoms. The SMILES string of the molecule is CCn1ncc2c1-c1cnc(NC(=O)OCc3ccc(B(O)O)cc3)c(c1)O[C@H](C)c1cc(F)ccc1-c1nn(C)nc1C2. The fourth-order valence-corrected chi connectivity index (χ4v) is 5.25. The van der Waals surface area contributed by atoms with Gasteiger partial charge in [-0.1, -0.05) is 24.3 Å². The largest absolute Gasteiger partial charge is 0.488 e. The van der Waals surface area contributed by atoms with Crippen LogP contribution in [0.3, 0.4) is 0 Å². The Labute approximate surface area is 252 Å². The molecule has 2 bridgehead atoms. The number of nitrogens with zero attached hydrogens (tertiary/aromatic N) is 6. The number of pyridine rings is 1. The summed E-state index contributed by atoms with van der Waals surface area (Å²) in [4.78, 5) is 18.9. The number of hydrogen-bond acceptors (Lipinski definition) is 9. The summed E-state index contributed by atoms with van der Waals surface area (Å²) in [6.07, 6.45) is 2.37. The quantitative estimate of drug-likeness (QED) is 0.259. The number of aryl methyl sites for hydroxylation is 2. The molecule has 0 saturated heterocycles. The average molecular weight is 597 g/mol. The zero-order chi connectivity index (χ0) is 31.0. The lowest BCUT2D eigenvalue weighted by Crippen LogP contribution is -2.29. The van der Waals surface area contributed by atoms with Crippen LogP contribution in [0.25, 0.3) is 22.5 Å². The molecule has 1 amide bonds. The number of carbonyl (C=O) groups is 1. The Morgan fingerprint density at radius 3 is 2.70 bits per heavy atom.